The zero-order valence-electron chi connectivity index (χ0n) is 9.37. The number of halogens is 3. The number of rotatable bonds is 0. The Morgan fingerprint density at radius 3 is 2.78 bits per heavy atom. The van der Waals surface area contributed by atoms with Crippen molar-refractivity contribution in [2.45, 2.75) is 6.04 Å². The lowest BCUT2D eigenvalue weighted by Gasteiger charge is -2.41. The third-order valence-electron chi connectivity index (χ3n) is 3.15. The van der Waals surface area contributed by atoms with E-state index >= 15 is 0 Å². The number of piperazine rings is 1. The Kier molecular flexibility index (Phi) is 3.92. The molecule has 1 atom stereocenters. The summed E-state index contributed by atoms with van der Waals surface area (Å²) < 4.78 is 0. The summed E-state index contributed by atoms with van der Waals surface area (Å²) in [4.78, 5) is 14.0. The van der Waals surface area contributed by atoms with Gasteiger partial charge >= 0.3 is 0 Å². The van der Waals surface area contributed by atoms with Crippen LogP contribution in [0.2, 0.25) is 10.0 Å². The Bertz CT molecular complexity index is 495. The van der Waals surface area contributed by atoms with Crippen LogP contribution in [-0.2, 0) is 4.79 Å². The molecule has 3 rings (SSSR count). The van der Waals surface area contributed by atoms with Crippen molar-refractivity contribution in [2.24, 2.45) is 0 Å². The Balaban J connectivity index is 0.00000120. The van der Waals surface area contributed by atoms with Crippen LogP contribution in [0.1, 0.15) is 0 Å². The number of carbonyl (C=O) groups is 1. The first-order valence-electron chi connectivity index (χ1n) is 5.44. The van der Waals surface area contributed by atoms with Crippen molar-refractivity contribution in [3.63, 3.8) is 0 Å². The van der Waals surface area contributed by atoms with Gasteiger partial charge in [-0.3, -0.25) is 4.79 Å². The standard InChI is InChI=1S/C11H11Cl2N3O.ClH/c12-6-3-8-9(4-7(6)13)16-2-1-14-5-10(16)11(17)15-8;/h3-4,10,14H,1-2,5H2,(H,15,17);1H/t10-;/m0./s1. The summed E-state index contributed by atoms with van der Waals surface area (Å²) in [5, 5.41) is 7.04. The molecule has 0 saturated carbocycles. The van der Waals surface area contributed by atoms with Crippen molar-refractivity contribution in [3.05, 3.63) is 22.2 Å². The molecule has 0 bridgehead atoms. The molecule has 1 amide bonds. The molecule has 2 aliphatic rings. The van der Waals surface area contributed by atoms with Crippen molar-refractivity contribution in [3.8, 4) is 0 Å². The van der Waals surface area contributed by atoms with E-state index < -0.39 is 0 Å². The van der Waals surface area contributed by atoms with Gasteiger partial charge in [-0.05, 0) is 12.1 Å². The minimum absolute atomic E-state index is 0. The van der Waals surface area contributed by atoms with Crippen molar-refractivity contribution in [1.82, 2.24) is 5.32 Å². The Morgan fingerprint density at radius 2 is 2.00 bits per heavy atom. The fourth-order valence-corrected chi connectivity index (χ4v) is 2.64. The summed E-state index contributed by atoms with van der Waals surface area (Å²) in [5.74, 6) is 0.00286. The van der Waals surface area contributed by atoms with Gasteiger partial charge in [-0.1, -0.05) is 23.2 Å². The highest BCUT2D eigenvalue weighted by Gasteiger charge is 2.34. The highest BCUT2D eigenvalue weighted by molar-refractivity contribution is 6.42. The van der Waals surface area contributed by atoms with Gasteiger partial charge in [-0.2, -0.15) is 0 Å². The van der Waals surface area contributed by atoms with Crippen LogP contribution in [0.25, 0.3) is 0 Å². The predicted molar refractivity (Wildman–Crippen MR) is 76.3 cm³/mol. The van der Waals surface area contributed by atoms with Crippen molar-refractivity contribution < 1.29 is 4.79 Å². The van der Waals surface area contributed by atoms with Crippen LogP contribution in [0.4, 0.5) is 11.4 Å². The summed E-state index contributed by atoms with van der Waals surface area (Å²) in [7, 11) is 0. The van der Waals surface area contributed by atoms with Crippen molar-refractivity contribution >= 4 is 52.9 Å². The Labute approximate surface area is 121 Å². The van der Waals surface area contributed by atoms with Crippen LogP contribution in [0, 0.1) is 0 Å². The Morgan fingerprint density at radius 1 is 1.28 bits per heavy atom. The lowest BCUT2D eigenvalue weighted by atomic mass is 10.1. The first-order valence-corrected chi connectivity index (χ1v) is 6.19. The zero-order valence-corrected chi connectivity index (χ0v) is 11.7. The molecule has 0 unspecified atom stereocenters. The minimum Gasteiger partial charge on any atom is -0.355 e. The number of anilines is 2. The molecule has 0 aromatic heterocycles. The topological polar surface area (TPSA) is 44.4 Å². The molecule has 4 nitrogen and oxygen atoms in total. The molecule has 2 heterocycles. The molecule has 0 spiro atoms. The van der Waals surface area contributed by atoms with Gasteiger partial charge < -0.3 is 15.5 Å². The molecule has 0 radical (unpaired) electrons. The van der Waals surface area contributed by atoms with Gasteiger partial charge in [0.15, 0.2) is 0 Å². The van der Waals surface area contributed by atoms with Gasteiger partial charge in [-0.25, -0.2) is 0 Å². The molecule has 1 fully saturated rings. The highest BCUT2D eigenvalue weighted by atomic mass is 35.5. The van der Waals surface area contributed by atoms with Crippen LogP contribution in [0.3, 0.4) is 0 Å². The number of amides is 1. The maximum absolute atomic E-state index is 11.9. The first-order chi connectivity index (χ1) is 8.16. The summed E-state index contributed by atoms with van der Waals surface area (Å²) in [5.41, 5.74) is 1.69. The van der Waals surface area contributed by atoms with Crippen molar-refractivity contribution in [2.75, 3.05) is 29.9 Å². The average Bonchev–Trinajstić information content (AvgIpc) is 2.32. The van der Waals surface area contributed by atoms with Crippen LogP contribution >= 0.6 is 35.6 Å². The van der Waals surface area contributed by atoms with Crippen LogP contribution in [0.5, 0.6) is 0 Å². The highest BCUT2D eigenvalue weighted by Crippen LogP contribution is 2.38. The number of hydrogen-bond acceptors (Lipinski definition) is 3. The second kappa shape index (κ2) is 5.13. The van der Waals surface area contributed by atoms with E-state index in [9.17, 15) is 4.79 Å². The van der Waals surface area contributed by atoms with Crippen LogP contribution < -0.4 is 15.5 Å². The summed E-state index contributed by atoms with van der Waals surface area (Å²) >= 11 is 12.0. The number of nitrogens with one attached hydrogen (secondary N) is 2. The van der Waals surface area contributed by atoms with E-state index in [1.807, 2.05) is 6.07 Å². The lowest BCUT2D eigenvalue weighted by Crippen LogP contribution is -2.58. The summed E-state index contributed by atoms with van der Waals surface area (Å²) in [6.45, 7) is 2.32. The second-order valence-corrected chi connectivity index (χ2v) is 5.00. The third kappa shape index (κ3) is 2.14. The van der Waals surface area contributed by atoms with E-state index in [2.05, 4.69) is 15.5 Å². The molecule has 2 aliphatic heterocycles. The normalized spacial score (nSPS) is 21.6. The predicted octanol–water partition coefficient (Wildman–Crippen LogP) is 2.15. The largest absolute Gasteiger partial charge is 0.355 e. The summed E-state index contributed by atoms with van der Waals surface area (Å²) in [6.07, 6.45) is 0. The van der Waals surface area contributed by atoms with Gasteiger partial charge in [0.2, 0.25) is 5.91 Å². The SMILES string of the molecule is Cl.O=C1Nc2cc(Cl)c(Cl)cc2N2CCNC[C@@H]12. The molecule has 1 aromatic carbocycles. The molecule has 7 heteroatoms. The smallest absolute Gasteiger partial charge is 0.248 e. The number of fused-ring (bicyclic) bond motifs is 3. The zero-order chi connectivity index (χ0) is 12.0. The average molecular weight is 309 g/mol. The first kappa shape index (κ1) is 13.7. The summed E-state index contributed by atoms with van der Waals surface area (Å²) in [6, 6.07) is 3.36. The quantitative estimate of drug-likeness (QED) is 0.772. The molecule has 18 heavy (non-hydrogen) atoms. The fourth-order valence-electron chi connectivity index (χ4n) is 2.32. The van der Waals surface area contributed by atoms with E-state index in [4.69, 9.17) is 23.2 Å². The van der Waals surface area contributed by atoms with E-state index in [0.717, 1.165) is 24.5 Å². The molecular formula is C11H12Cl3N3O. The minimum atomic E-state index is -0.159. The Hall–Kier alpha value is -0.680. The molecule has 0 aliphatic carbocycles. The maximum atomic E-state index is 11.9. The number of nitrogens with zero attached hydrogens (tertiary/aromatic N) is 1. The fraction of sp³-hybridized carbons (Fsp3) is 0.364. The van der Waals surface area contributed by atoms with Gasteiger partial charge in [0.1, 0.15) is 6.04 Å². The molecular weight excluding hydrogens is 297 g/mol. The van der Waals surface area contributed by atoms with E-state index in [1.54, 1.807) is 6.07 Å². The number of benzene rings is 1. The number of hydrogen-bond donors (Lipinski definition) is 2. The van der Waals surface area contributed by atoms with E-state index in [1.165, 1.54) is 0 Å². The maximum Gasteiger partial charge on any atom is 0.248 e. The van der Waals surface area contributed by atoms with Crippen LogP contribution in [0.15, 0.2) is 12.1 Å². The van der Waals surface area contributed by atoms with E-state index in [0.29, 0.717) is 16.6 Å². The molecule has 98 valence electrons. The number of carbonyl (C=O) groups excluding carboxylic acids is 1. The molecule has 1 aromatic rings. The van der Waals surface area contributed by atoms with Crippen molar-refractivity contribution in [1.29, 1.82) is 0 Å². The van der Waals surface area contributed by atoms with Gasteiger partial charge in [-0.15, -0.1) is 12.4 Å². The van der Waals surface area contributed by atoms with Gasteiger partial charge in [0.25, 0.3) is 0 Å². The van der Waals surface area contributed by atoms with E-state index in [-0.39, 0.29) is 24.4 Å². The van der Waals surface area contributed by atoms with Gasteiger partial charge in [0.05, 0.1) is 21.4 Å². The van der Waals surface area contributed by atoms with Gasteiger partial charge in [0, 0.05) is 19.6 Å². The monoisotopic (exact) mass is 307 g/mol. The third-order valence-corrected chi connectivity index (χ3v) is 3.87. The molecule has 2 N–H and O–H groups in total. The second-order valence-electron chi connectivity index (χ2n) is 4.19. The lowest BCUT2D eigenvalue weighted by molar-refractivity contribution is -0.117. The molecule has 1 saturated heterocycles. The van der Waals surface area contributed by atoms with Crippen LogP contribution in [-0.4, -0.2) is 31.6 Å².